The van der Waals surface area contributed by atoms with Gasteiger partial charge in [-0.2, -0.15) is 0 Å². The van der Waals surface area contributed by atoms with Gasteiger partial charge in [0.25, 0.3) is 11.5 Å². The highest BCUT2D eigenvalue weighted by Gasteiger charge is 2.33. The summed E-state index contributed by atoms with van der Waals surface area (Å²) < 4.78 is 12.7. The Labute approximate surface area is 200 Å². The molecule has 3 aromatic heterocycles. The van der Waals surface area contributed by atoms with Gasteiger partial charge in [-0.15, -0.1) is 0 Å². The zero-order valence-corrected chi connectivity index (χ0v) is 20.0. The summed E-state index contributed by atoms with van der Waals surface area (Å²) in [7, 11) is 0. The molecule has 0 radical (unpaired) electrons. The van der Waals surface area contributed by atoms with Crippen LogP contribution in [0.5, 0.6) is 0 Å². The van der Waals surface area contributed by atoms with Crippen molar-refractivity contribution in [3.8, 4) is 0 Å². The number of rotatable bonds is 9. The Bertz CT molecular complexity index is 1270. The number of anilines is 1. The number of carbonyl (C=O) groups excluding carboxylic acids is 1. The van der Waals surface area contributed by atoms with Crippen LogP contribution in [0, 0.1) is 6.92 Å². The highest BCUT2D eigenvalue weighted by Crippen LogP contribution is 2.34. The topological polar surface area (TPSA) is 89.1 Å². The molecule has 0 aliphatic carbocycles. The maximum absolute atomic E-state index is 13.4. The molecule has 3 aromatic rings. The number of pyridine rings is 1. The van der Waals surface area contributed by atoms with Crippen molar-refractivity contribution in [3.63, 3.8) is 0 Å². The second kappa shape index (κ2) is 10.3. The van der Waals surface area contributed by atoms with E-state index in [2.05, 4.69) is 5.32 Å². The van der Waals surface area contributed by atoms with Crippen molar-refractivity contribution in [2.45, 2.75) is 26.8 Å². The van der Waals surface area contributed by atoms with Crippen LogP contribution in [0.25, 0.3) is 11.7 Å². The van der Waals surface area contributed by atoms with Crippen LogP contribution in [-0.4, -0.2) is 44.3 Å². The van der Waals surface area contributed by atoms with Crippen molar-refractivity contribution >= 4 is 51.7 Å². The van der Waals surface area contributed by atoms with E-state index in [0.29, 0.717) is 51.8 Å². The van der Waals surface area contributed by atoms with E-state index >= 15 is 0 Å². The molecule has 1 saturated heterocycles. The number of nitrogens with zero attached hydrogens (tertiary/aromatic N) is 3. The summed E-state index contributed by atoms with van der Waals surface area (Å²) in [6, 6.07) is 7.25. The molecule has 4 rings (SSSR count). The summed E-state index contributed by atoms with van der Waals surface area (Å²) in [4.78, 5) is 33.0. The maximum atomic E-state index is 13.4. The molecule has 1 aliphatic heterocycles. The van der Waals surface area contributed by atoms with E-state index in [9.17, 15) is 9.59 Å². The molecular formula is C23H24N4O4S2. The largest absolute Gasteiger partial charge is 0.467 e. The number of amides is 1. The normalized spacial score (nSPS) is 15.2. The molecule has 1 N–H and O–H groups in total. The van der Waals surface area contributed by atoms with E-state index in [-0.39, 0.29) is 18.0 Å². The lowest BCUT2D eigenvalue weighted by Gasteiger charge is -2.13. The second-order valence-corrected chi connectivity index (χ2v) is 9.06. The summed E-state index contributed by atoms with van der Waals surface area (Å²) in [5.41, 5.74) is 1.50. The van der Waals surface area contributed by atoms with Crippen LogP contribution in [0.15, 0.2) is 50.8 Å². The van der Waals surface area contributed by atoms with E-state index < -0.39 is 0 Å². The quantitative estimate of drug-likeness (QED) is 0.278. The van der Waals surface area contributed by atoms with E-state index in [1.807, 2.05) is 19.9 Å². The molecule has 0 saturated carbocycles. The third kappa shape index (κ3) is 5.02. The predicted octanol–water partition coefficient (Wildman–Crippen LogP) is 3.84. The summed E-state index contributed by atoms with van der Waals surface area (Å²) in [5, 5.41) is 3.25. The van der Waals surface area contributed by atoms with Crippen LogP contribution >= 0.6 is 24.0 Å². The maximum Gasteiger partial charge on any atom is 0.267 e. The fourth-order valence-corrected chi connectivity index (χ4v) is 4.66. The Morgan fingerprint density at radius 2 is 2.15 bits per heavy atom. The highest BCUT2D eigenvalue weighted by molar-refractivity contribution is 8.26. The number of thiocarbonyl (C=S) groups is 1. The number of hydrogen-bond acceptors (Lipinski definition) is 8. The minimum atomic E-state index is -0.266. The molecule has 1 aliphatic rings. The van der Waals surface area contributed by atoms with E-state index in [1.54, 1.807) is 36.7 Å². The summed E-state index contributed by atoms with van der Waals surface area (Å²) in [5.74, 6) is 0.798. The lowest BCUT2D eigenvalue weighted by Crippen LogP contribution is -2.27. The second-order valence-electron chi connectivity index (χ2n) is 7.39. The predicted molar refractivity (Wildman–Crippen MR) is 133 cm³/mol. The number of ether oxygens (including phenoxy) is 1. The van der Waals surface area contributed by atoms with Crippen LogP contribution in [0.3, 0.4) is 0 Å². The molecule has 0 bridgehead atoms. The van der Waals surface area contributed by atoms with Crippen molar-refractivity contribution in [2.24, 2.45) is 0 Å². The minimum Gasteiger partial charge on any atom is -0.467 e. The molecule has 1 fully saturated rings. The van der Waals surface area contributed by atoms with Gasteiger partial charge in [-0.1, -0.05) is 30.0 Å². The van der Waals surface area contributed by atoms with Gasteiger partial charge in [0.05, 0.1) is 23.3 Å². The van der Waals surface area contributed by atoms with Gasteiger partial charge in [0.15, 0.2) is 0 Å². The first-order valence-electron chi connectivity index (χ1n) is 10.6. The SMILES string of the molecule is CCOCCCNc1nc2c(C)cccn2c(=O)c1/C=C1/SC(=S)N(Cc2ccco2)C1=O. The molecule has 10 heteroatoms. The van der Waals surface area contributed by atoms with Crippen LogP contribution < -0.4 is 10.9 Å². The van der Waals surface area contributed by atoms with Crippen molar-refractivity contribution < 1.29 is 13.9 Å². The molecule has 1 amide bonds. The number of hydrogen-bond donors (Lipinski definition) is 1. The molecule has 0 unspecified atom stereocenters. The van der Waals surface area contributed by atoms with Gasteiger partial charge in [0, 0.05) is 26.0 Å². The van der Waals surface area contributed by atoms with E-state index in [1.165, 1.54) is 9.30 Å². The molecule has 4 heterocycles. The van der Waals surface area contributed by atoms with Gasteiger partial charge in [-0.25, -0.2) is 4.98 Å². The lowest BCUT2D eigenvalue weighted by atomic mass is 10.2. The standard InChI is InChI=1S/C23H24N4O4S2/c1-3-30-11-6-9-24-19-17(21(28)26-10-4-7-15(2)20(26)25-19)13-18-22(29)27(23(32)33-18)14-16-8-5-12-31-16/h4-5,7-8,10,12-13,24H,3,6,9,11,14H2,1-2H3/b18-13+. The van der Waals surface area contributed by atoms with Gasteiger partial charge in [-0.3, -0.25) is 18.9 Å². The zero-order chi connectivity index (χ0) is 23.4. The number of aromatic nitrogens is 2. The summed E-state index contributed by atoms with van der Waals surface area (Å²) >= 11 is 6.57. The Balaban J connectivity index is 1.69. The van der Waals surface area contributed by atoms with E-state index in [4.69, 9.17) is 26.4 Å². The van der Waals surface area contributed by atoms with Gasteiger partial charge in [0.2, 0.25) is 0 Å². The Morgan fingerprint density at radius 1 is 1.30 bits per heavy atom. The number of aryl methyl sites for hydroxylation is 1. The number of furan rings is 1. The van der Waals surface area contributed by atoms with Crippen molar-refractivity contribution in [3.05, 3.63) is 68.9 Å². The number of thioether (sulfide) groups is 1. The number of carbonyl (C=O) groups is 1. The van der Waals surface area contributed by atoms with Crippen LogP contribution in [0.4, 0.5) is 5.82 Å². The number of nitrogens with one attached hydrogen (secondary N) is 1. The van der Waals surface area contributed by atoms with Gasteiger partial charge in [0.1, 0.15) is 21.5 Å². The van der Waals surface area contributed by atoms with E-state index in [0.717, 1.165) is 23.7 Å². The smallest absolute Gasteiger partial charge is 0.267 e. The molecule has 8 nitrogen and oxygen atoms in total. The summed E-state index contributed by atoms with van der Waals surface area (Å²) in [6.45, 7) is 5.93. The first kappa shape index (κ1) is 23.2. The fourth-order valence-electron chi connectivity index (χ4n) is 3.43. The molecule has 0 aromatic carbocycles. The van der Waals surface area contributed by atoms with Crippen molar-refractivity contribution in [2.75, 3.05) is 25.1 Å². The molecular weight excluding hydrogens is 460 g/mol. The van der Waals surface area contributed by atoms with Crippen molar-refractivity contribution in [1.29, 1.82) is 0 Å². The third-order valence-corrected chi connectivity index (χ3v) is 6.47. The van der Waals surface area contributed by atoms with Crippen LogP contribution in [-0.2, 0) is 16.1 Å². The van der Waals surface area contributed by atoms with Gasteiger partial charge < -0.3 is 14.5 Å². The number of fused-ring (bicyclic) bond motifs is 1. The fraction of sp³-hybridized carbons (Fsp3) is 0.304. The minimum absolute atomic E-state index is 0.242. The Morgan fingerprint density at radius 3 is 2.91 bits per heavy atom. The zero-order valence-electron chi connectivity index (χ0n) is 18.4. The van der Waals surface area contributed by atoms with Crippen LogP contribution in [0.2, 0.25) is 0 Å². The summed E-state index contributed by atoms with van der Waals surface area (Å²) in [6.07, 6.45) is 5.57. The first-order valence-corrected chi connectivity index (χ1v) is 11.8. The molecule has 0 atom stereocenters. The van der Waals surface area contributed by atoms with Gasteiger partial charge >= 0.3 is 0 Å². The molecule has 0 spiro atoms. The molecule has 33 heavy (non-hydrogen) atoms. The average Bonchev–Trinajstić information content (AvgIpc) is 3.40. The average molecular weight is 485 g/mol. The highest BCUT2D eigenvalue weighted by atomic mass is 32.2. The monoisotopic (exact) mass is 484 g/mol. The van der Waals surface area contributed by atoms with Crippen LogP contribution in [0.1, 0.15) is 30.2 Å². The Hall–Kier alpha value is -2.95. The lowest BCUT2D eigenvalue weighted by molar-refractivity contribution is -0.122. The third-order valence-electron chi connectivity index (χ3n) is 5.09. The molecule has 172 valence electrons. The van der Waals surface area contributed by atoms with Crippen molar-refractivity contribution in [1.82, 2.24) is 14.3 Å². The van der Waals surface area contributed by atoms with Gasteiger partial charge in [-0.05, 0) is 50.1 Å². The first-order chi connectivity index (χ1) is 16.0. The Kier molecular flexibility index (Phi) is 7.26.